The van der Waals surface area contributed by atoms with Gasteiger partial charge in [-0.25, -0.2) is 8.78 Å². The van der Waals surface area contributed by atoms with Gasteiger partial charge in [-0.15, -0.1) is 0 Å². The highest BCUT2D eigenvalue weighted by atomic mass is 19.3. The summed E-state index contributed by atoms with van der Waals surface area (Å²) in [6, 6.07) is 0. The topological polar surface area (TPSA) is 0 Å². The van der Waals surface area contributed by atoms with Gasteiger partial charge < -0.3 is 0 Å². The second-order valence-corrected chi connectivity index (χ2v) is 2.19. The smallest absolute Gasteiger partial charge is 0.241 e. The molecule has 0 saturated heterocycles. The highest BCUT2D eigenvalue weighted by Crippen LogP contribution is 2.30. The van der Waals surface area contributed by atoms with Crippen LogP contribution in [0.3, 0.4) is 0 Å². The van der Waals surface area contributed by atoms with Gasteiger partial charge in [0.1, 0.15) is 0 Å². The van der Waals surface area contributed by atoms with Crippen LogP contribution in [0.4, 0.5) is 17.6 Å². The molecule has 0 nitrogen and oxygen atoms in total. The van der Waals surface area contributed by atoms with E-state index in [0.29, 0.717) is 6.08 Å². The van der Waals surface area contributed by atoms with Crippen LogP contribution in [-0.4, -0.2) is 18.3 Å². The maximum atomic E-state index is 12.4. The summed E-state index contributed by atoms with van der Waals surface area (Å²) in [5.41, 5.74) is 0. The van der Waals surface area contributed by atoms with E-state index in [1.807, 2.05) is 0 Å². The minimum atomic E-state index is -3.93. The Morgan fingerprint density at radius 2 is 1.91 bits per heavy atom. The Labute approximate surface area is 62.9 Å². The third-order valence-electron chi connectivity index (χ3n) is 1.35. The van der Waals surface area contributed by atoms with E-state index in [-0.39, 0.29) is 0 Å². The van der Waals surface area contributed by atoms with E-state index in [1.165, 1.54) is 6.92 Å². The maximum Gasteiger partial charge on any atom is 0.312 e. The molecule has 0 rings (SSSR count). The monoisotopic (exact) mass is 170 g/mol. The van der Waals surface area contributed by atoms with Gasteiger partial charge in [-0.05, 0) is 6.42 Å². The van der Waals surface area contributed by atoms with Gasteiger partial charge in [-0.2, -0.15) is 8.78 Å². The second-order valence-electron chi connectivity index (χ2n) is 2.19. The molecule has 0 N–H and O–H groups in total. The van der Waals surface area contributed by atoms with Crippen LogP contribution >= 0.6 is 0 Å². The molecule has 0 saturated carbocycles. The minimum absolute atomic E-state index is 0.402. The molecule has 0 heterocycles. The number of hydrogen-bond acceptors (Lipinski definition) is 0. The molecule has 0 radical (unpaired) electrons. The van der Waals surface area contributed by atoms with Crippen LogP contribution in [0, 0.1) is 0 Å². The van der Waals surface area contributed by atoms with E-state index >= 15 is 0 Å². The van der Waals surface area contributed by atoms with E-state index in [4.69, 9.17) is 0 Å². The average Bonchev–Trinajstić information content (AvgIpc) is 2.01. The molecule has 4 heteroatoms. The zero-order valence-corrected chi connectivity index (χ0v) is 6.16. The van der Waals surface area contributed by atoms with Crippen molar-refractivity contribution in [2.45, 2.75) is 31.6 Å². The molecule has 11 heavy (non-hydrogen) atoms. The summed E-state index contributed by atoms with van der Waals surface area (Å²) < 4.78 is 49.3. The summed E-state index contributed by atoms with van der Waals surface area (Å²) in [7, 11) is 0. The Bertz CT molecular complexity index is 132. The van der Waals surface area contributed by atoms with E-state index in [0.717, 1.165) is 0 Å². The Morgan fingerprint density at radius 1 is 1.45 bits per heavy atom. The molecule has 0 fully saturated rings. The Hall–Kier alpha value is -0.540. The number of hydrogen-bond donors (Lipinski definition) is 0. The van der Waals surface area contributed by atoms with Crippen LogP contribution in [0.25, 0.3) is 0 Å². The van der Waals surface area contributed by atoms with E-state index < -0.39 is 24.7 Å². The quantitative estimate of drug-likeness (QED) is 0.449. The summed E-state index contributed by atoms with van der Waals surface area (Å²) in [6.07, 6.45) is -5.03. The predicted molar refractivity (Wildman–Crippen MR) is 35.2 cm³/mol. The summed E-state index contributed by atoms with van der Waals surface area (Å²) >= 11 is 0. The molecule has 0 aliphatic heterocycles. The zero-order valence-electron chi connectivity index (χ0n) is 6.16. The predicted octanol–water partition coefficient (Wildman–Crippen LogP) is 2.89. The van der Waals surface area contributed by atoms with Crippen molar-refractivity contribution >= 4 is 0 Å². The van der Waals surface area contributed by atoms with Gasteiger partial charge in [0, 0.05) is 0 Å². The number of alkyl halides is 4. The van der Waals surface area contributed by atoms with Gasteiger partial charge in [0.15, 0.2) is 12.3 Å². The van der Waals surface area contributed by atoms with Crippen molar-refractivity contribution < 1.29 is 17.6 Å². The third kappa shape index (κ3) is 2.20. The lowest BCUT2D eigenvalue weighted by Crippen LogP contribution is -2.38. The largest absolute Gasteiger partial charge is 0.312 e. The molecule has 2 unspecified atom stereocenters. The average molecular weight is 170 g/mol. The molecule has 0 aromatic carbocycles. The summed E-state index contributed by atoms with van der Waals surface area (Å²) in [4.78, 5) is 0. The van der Waals surface area contributed by atoms with Gasteiger partial charge >= 0.3 is 5.92 Å². The molecule has 0 aliphatic carbocycles. The molecule has 0 spiro atoms. The van der Waals surface area contributed by atoms with Crippen molar-refractivity contribution in [1.29, 1.82) is 0 Å². The highest BCUT2D eigenvalue weighted by Gasteiger charge is 2.46. The first-order valence-electron chi connectivity index (χ1n) is 3.25. The lowest BCUT2D eigenvalue weighted by molar-refractivity contribution is -0.113. The molecule has 2 atom stereocenters. The normalized spacial score (nSPS) is 17.5. The summed E-state index contributed by atoms with van der Waals surface area (Å²) in [6.45, 7) is 4.05. The van der Waals surface area contributed by atoms with Crippen LogP contribution < -0.4 is 0 Å². The van der Waals surface area contributed by atoms with Crippen LogP contribution in [0.1, 0.15) is 13.3 Å². The fourth-order valence-electron chi connectivity index (χ4n) is 0.602. The molecule has 66 valence electrons. The van der Waals surface area contributed by atoms with Crippen molar-refractivity contribution in [2.24, 2.45) is 0 Å². The second kappa shape index (κ2) is 3.74. The molecular weight excluding hydrogens is 160 g/mol. The van der Waals surface area contributed by atoms with E-state index in [9.17, 15) is 17.6 Å². The lowest BCUT2D eigenvalue weighted by Gasteiger charge is -2.20. The highest BCUT2D eigenvalue weighted by molar-refractivity contribution is 4.94. The van der Waals surface area contributed by atoms with E-state index in [2.05, 4.69) is 6.58 Å². The van der Waals surface area contributed by atoms with Crippen molar-refractivity contribution in [2.75, 3.05) is 0 Å². The van der Waals surface area contributed by atoms with Crippen molar-refractivity contribution in [3.63, 3.8) is 0 Å². The molecule has 0 bridgehead atoms. The molecule has 0 aromatic rings. The molecule has 0 aliphatic rings. The first-order chi connectivity index (χ1) is 4.96. The van der Waals surface area contributed by atoms with Gasteiger partial charge in [-0.1, -0.05) is 19.6 Å². The van der Waals surface area contributed by atoms with Gasteiger partial charge in [0.2, 0.25) is 0 Å². The molecule has 0 aromatic heterocycles. The molecule has 0 amide bonds. The van der Waals surface area contributed by atoms with Crippen molar-refractivity contribution in [3.8, 4) is 0 Å². The fraction of sp³-hybridized carbons (Fsp3) is 0.714. The first kappa shape index (κ1) is 10.5. The Morgan fingerprint density at radius 3 is 2.18 bits per heavy atom. The first-order valence-corrected chi connectivity index (χ1v) is 3.25. The summed E-state index contributed by atoms with van der Waals surface area (Å²) in [5, 5.41) is 0. The van der Waals surface area contributed by atoms with Gasteiger partial charge in [-0.3, -0.25) is 0 Å². The van der Waals surface area contributed by atoms with Crippen molar-refractivity contribution in [3.05, 3.63) is 12.7 Å². The minimum Gasteiger partial charge on any atom is -0.241 e. The van der Waals surface area contributed by atoms with E-state index in [1.54, 1.807) is 0 Å². The maximum absolute atomic E-state index is 12.4. The molecular formula is C7H10F4. The van der Waals surface area contributed by atoms with Crippen LogP contribution in [0.15, 0.2) is 12.7 Å². The standard InChI is InChI=1S/C7H10F4/c1-3-5(8)7(10,11)6(9)4-2/h3,5-6H,1,4H2,2H3. The van der Waals surface area contributed by atoms with Gasteiger partial charge in [0.05, 0.1) is 0 Å². The van der Waals surface area contributed by atoms with Crippen LogP contribution in [0.5, 0.6) is 0 Å². The van der Waals surface area contributed by atoms with Crippen molar-refractivity contribution in [1.82, 2.24) is 0 Å². The summed E-state index contributed by atoms with van der Waals surface area (Å²) in [5.74, 6) is -3.93. The van der Waals surface area contributed by atoms with Gasteiger partial charge in [0.25, 0.3) is 0 Å². The SMILES string of the molecule is C=CC(F)C(F)(F)C(F)CC. The Balaban J connectivity index is 4.29. The lowest BCUT2D eigenvalue weighted by atomic mass is 10.1. The fourth-order valence-corrected chi connectivity index (χ4v) is 0.602. The van der Waals surface area contributed by atoms with Crippen LogP contribution in [-0.2, 0) is 0 Å². The Kier molecular flexibility index (Phi) is 3.55. The zero-order chi connectivity index (χ0) is 9.07. The number of rotatable bonds is 4. The van der Waals surface area contributed by atoms with Crippen LogP contribution in [0.2, 0.25) is 0 Å². The number of halogens is 4. The third-order valence-corrected chi connectivity index (χ3v) is 1.35. The number of allylic oxidation sites excluding steroid dienone is 1.